The number of benzene rings is 1. The van der Waals surface area contributed by atoms with Gasteiger partial charge in [0.05, 0.1) is 0 Å². The average Bonchev–Trinajstić information content (AvgIpc) is 2.18. The zero-order valence-electron chi connectivity index (χ0n) is 8.32. The van der Waals surface area contributed by atoms with Crippen molar-refractivity contribution in [2.75, 3.05) is 5.32 Å². The lowest BCUT2D eigenvalue weighted by Crippen LogP contribution is -2.37. The van der Waals surface area contributed by atoms with E-state index in [1.54, 1.807) is 0 Å². The molecule has 1 aliphatic rings. The van der Waals surface area contributed by atoms with Gasteiger partial charge in [0.15, 0.2) is 6.10 Å². The molecule has 1 aromatic rings. The summed E-state index contributed by atoms with van der Waals surface area (Å²) < 4.78 is 4.91. The molecule has 0 fully saturated rings. The molecule has 1 atom stereocenters. The van der Waals surface area contributed by atoms with E-state index in [4.69, 9.17) is 4.74 Å². The summed E-state index contributed by atoms with van der Waals surface area (Å²) in [6.45, 7) is 1.30. The smallest absolute Gasteiger partial charge is 0.303 e. The van der Waals surface area contributed by atoms with E-state index in [1.165, 1.54) is 6.92 Å². The van der Waals surface area contributed by atoms with Crippen molar-refractivity contribution < 1.29 is 14.3 Å². The third-order valence-electron chi connectivity index (χ3n) is 2.28. The van der Waals surface area contributed by atoms with Crippen LogP contribution in [0, 0.1) is 0 Å². The number of hydrogen-bond donors (Lipinski definition) is 1. The van der Waals surface area contributed by atoms with E-state index in [0.717, 1.165) is 11.3 Å². The molecule has 0 aromatic heterocycles. The number of para-hydroxylation sites is 1. The van der Waals surface area contributed by atoms with Gasteiger partial charge in [-0.25, -0.2) is 0 Å². The first kappa shape index (κ1) is 9.71. The zero-order valence-corrected chi connectivity index (χ0v) is 8.32. The molecule has 1 aromatic carbocycles. The van der Waals surface area contributed by atoms with Crippen molar-refractivity contribution in [3.8, 4) is 0 Å². The quantitative estimate of drug-likeness (QED) is 0.699. The summed E-state index contributed by atoms with van der Waals surface area (Å²) in [6, 6.07) is 7.48. The zero-order chi connectivity index (χ0) is 10.8. The standard InChI is InChI=1S/C11H11NO3/c1-7(13)15-10-6-8-4-2-3-5-9(8)12-11(10)14/h2-5,10H,6H2,1H3,(H,12,14). The molecule has 4 heteroatoms. The number of fused-ring (bicyclic) bond motifs is 1. The van der Waals surface area contributed by atoms with Gasteiger partial charge in [-0.1, -0.05) is 18.2 Å². The Balaban J connectivity index is 2.22. The summed E-state index contributed by atoms with van der Waals surface area (Å²) in [5.41, 5.74) is 1.79. The van der Waals surface area contributed by atoms with E-state index in [2.05, 4.69) is 5.32 Å². The van der Waals surface area contributed by atoms with Gasteiger partial charge in [0.25, 0.3) is 5.91 Å². The fraction of sp³-hybridized carbons (Fsp3) is 0.273. The maximum Gasteiger partial charge on any atom is 0.303 e. The minimum Gasteiger partial charge on any atom is -0.452 e. The molecule has 4 nitrogen and oxygen atoms in total. The molecule has 1 aliphatic heterocycles. The second-order valence-electron chi connectivity index (χ2n) is 3.45. The predicted octanol–water partition coefficient (Wildman–Crippen LogP) is 1.11. The summed E-state index contributed by atoms with van der Waals surface area (Å²) in [4.78, 5) is 22.3. The van der Waals surface area contributed by atoms with Gasteiger partial charge in [0, 0.05) is 19.0 Å². The van der Waals surface area contributed by atoms with E-state index in [-0.39, 0.29) is 5.91 Å². The molecule has 1 heterocycles. The van der Waals surface area contributed by atoms with E-state index < -0.39 is 12.1 Å². The number of anilines is 1. The molecule has 15 heavy (non-hydrogen) atoms. The largest absolute Gasteiger partial charge is 0.452 e. The molecule has 0 aliphatic carbocycles. The van der Waals surface area contributed by atoms with Crippen molar-refractivity contribution in [2.24, 2.45) is 0 Å². The normalized spacial score (nSPS) is 19.0. The van der Waals surface area contributed by atoms with Gasteiger partial charge in [0.1, 0.15) is 0 Å². The Morgan fingerprint density at radius 1 is 1.47 bits per heavy atom. The summed E-state index contributed by atoms with van der Waals surface area (Å²) in [5, 5.41) is 2.70. The van der Waals surface area contributed by atoms with E-state index in [0.29, 0.717) is 6.42 Å². The Labute approximate surface area is 87.2 Å². The van der Waals surface area contributed by atoms with Crippen LogP contribution in [0.25, 0.3) is 0 Å². The Morgan fingerprint density at radius 3 is 2.93 bits per heavy atom. The van der Waals surface area contributed by atoms with Crippen LogP contribution in [0.5, 0.6) is 0 Å². The van der Waals surface area contributed by atoms with Gasteiger partial charge in [-0.3, -0.25) is 9.59 Å². The molecule has 1 unspecified atom stereocenters. The lowest BCUT2D eigenvalue weighted by Gasteiger charge is -2.23. The molecule has 0 radical (unpaired) electrons. The van der Waals surface area contributed by atoms with Crippen LogP contribution in [0.2, 0.25) is 0 Å². The van der Waals surface area contributed by atoms with Crippen LogP contribution in [0.4, 0.5) is 5.69 Å². The predicted molar refractivity (Wildman–Crippen MR) is 54.3 cm³/mol. The lowest BCUT2D eigenvalue weighted by molar-refractivity contribution is -0.152. The van der Waals surface area contributed by atoms with Gasteiger partial charge in [-0.2, -0.15) is 0 Å². The molecular weight excluding hydrogens is 194 g/mol. The minimum atomic E-state index is -0.697. The van der Waals surface area contributed by atoms with Crippen LogP contribution in [-0.4, -0.2) is 18.0 Å². The third kappa shape index (κ3) is 1.98. The fourth-order valence-electron chi connectivity index (χ4n) is 1.62. The SMILES string of the molecule is CC(=O)OC1Cc2ccccc2NC1=O. The summed E-state index contributed by atoms with van der Waals surface area (Å²) in [7, 11) is 0. The number of esters is 1. The van der Waals surface area contributed by atoms with Crippen LogP contribution in [-0.2, 0) is 20.7 Å². The number of carbonyl (C=O) groups is 2. The van der Waals surface area contributed by atoms with Crippen LogP contribution in [0.1, 0.15) is 12.5 Å². The number of nitrogens with one attached hydrogen (secondary N) is 1. The molecule has 2 rings (SSSR count). The van der Waals surface area contributed by atoms with Gasteiger partial charge in [-0.05, 0) is 11.6 Å². The molecule has 0 spiro atoms. The number of ether oxygens (including phenoxy) is 1. The van der Waals surface area contributed by atoms with Crippen LogP contribution < -0.4 is 5.32 Å². The van der Waals surface area contributed by atoms with E-state index in [9.17, 15) is 9.59 Å². The summed E-state index contributed by atoms with van der Waals surface area (Å²) in [5.74, 6) is -0.696. The fourth-order valence-corrected chi connectivity index (χ4v) is 1.62. The first-order chi connectivity index (χ1) is 7.16. The van der Waals surface area contributed by atoms with Crippen molar-refractivity contribution in [1.82, 2.24) is 0 Å². The first-order valence-electron chi connectivity index (χ1n) is 4.73. The molecule has 0 saturated carbocycles. The summed E-state index contributed by atoms with van der Waals surface area (Å²) in [6.07, 6.45) is -0.251. The number of hydrogen-bond acceptors (Lipinski definition) is 3. The second kappa shape index (κ2) is 3.73. The lowest BCUT2D eigenvalue weighted by atomic mass is 10.0. The first-order valence-corrected chi connectivity index (χ1v) is 4.73. The number of amides is 1. The molecular formula is C11H11NO3. The van der Waals surface area contributed by atoms with Crippen LogP contribution in [0.3, 0.4) is 0 Å². The topological polar surface area (TPSA) is 55.4 Å². The van der Waals surface area contributed by atoms with Crippen molar-refractivity contribution in [3.63, 3.8) is 0 Å². The number of carbonyl (C=O) groups excluding carboxylic acids is 2. The highest BCUT2D eigenvalue weighted by Crippen LogP contribution is 2.23. The molecule has 1 amide bonds. The van der Waals surface area contributed by atoms with Gasteiger partial charge in [0.2, 0.25) is 0 Å². The van der Waals surface area contributed by atoms with Gasteiger partial charge in [-0.15, -0.1) is 0 Å². The maximum atomic E-state index is 11.5. The highest BCUT2D eigenvalue weighted by molar-refractivity contribution is 5.98. The minimum absolute atomic E-state index is 0.260. The Bertz CT molecular complexity index is 414. The summed E-state index contributed by atoms with van der Waals surface area (Å²) >= 11 is 0. The molecule has 1 N–H and O–H groups in total. The monoisotopic (exact) mass is 205 g/mol. The Kier molecular flexibility index (Phi) is 2.41. The van der Waals surface area contributed by atoms with Gasteiger partial charge >= 0.3 is 5.97 Å². The van der Waals surface area contributed by atoms with E-state index >= 15 is 0 Å². The molecule has 0 bridgehead atoms. The van der Waals surface area contributed by atoms with Gasteiger partial charge < -0.3 is 10.1 Å². The van der Waals surface area contributed by atoms with Crippen molar-refractivity contribution in [2.45, 2.75) is 19.4 Å². The molecule has 0 saturated heterocycles. The van der Waals surface area contributed by atoms with Crippen molar-refractivity contribution >= 4 is 17.6 Å². The second-order valence-corrected chi connectivity index (χ2v) is 3.45. The van der Waals surface area contributed by atoms with Crippen molar-refractivity contribution in [3.05, 3.63) is 29.8 Å². The van der Waals surface area contributed by atoms with Crippen LogP contribution >= 0.6 is 0 Å². The molecule has 78 valence electrons. The van der Waals surface area contributed by atoms with Crippen molar-refractivity contribution in [1.29, 1.82) is 0 Å². The average molecular weight is 205 g/mol. The van der Waals surface area contributed by atoms with Crippen LogP contribution in [0.15, 0.2) is 24.3 Å². The maximum absolute atomic E-state index is 11.5. The highest BCUT2D eigenvalue weighted by Gasteiger charge is 2.27. The Morgan fingerprint density at radius 2 is 2.20 bits per heavy atom. The third-order valence-corrected chi connectivity index (χ3v) is 2.28. The Hall–Kier alpha value is -1.84. The number of rotatable bonds is 1. The highest BCUT2D eigenvalue weighted by atomic mass is 16.5. The van der Waals surface area contributed by atoms with E-state index in [1.807, 2.05) is 24.3 Å².